The highest BCUT2D eigenvalue weighted by atomic mass is 16.4. The van der Waals surface area contributed by atoms with Crippen molar-refractivity contribution in [3.63, 3.8) is 0 Å². The highest BCUT2D eigenvalue weighted by Gasteiger charge is 2.18. The number of carbonyl (C=O) groups excluding carboxylic acids is 2. The smallest absolute Gasteiger partial charge is 0.332 e. The second-order valence-electron chi connectivity index (χ2n) is 3.03. The van der Waals surface area contributed by atoms with E-state index in [-0.39, 0.29) is 0 Å². The fraction of sp³-hybridized carbons (Fsp3) is 0.571. The van der Waals surface area contributed by atoms with Gasteiger partial charge in [0, 0.05) is 14.1 Å². The second-order valence-corrected chi connectivity index (χ2v) is 3.03. The number of rotatable bonds is 5. The van der Waals surface area contributed by atoms with Crippen LogP contribution in [0.3, 0.4) is 0 Å². The van der Waals surface area contributed by atoms with Crippen molar-refractivity contribution >= 4 is 17.9 Å². The van der Waals surface area contributed by atoms with Crippen LogP contribution in [-0.4, -0.2) is 60.1 Å². The Morgan fingerprint density at radius 3 is 2.13 bits per heavy atom. The summed E-state index contributed by atoms with van der Waals surface area (Å²) in [5.41, 5.74) is 7.17. The predicted octanol–water partition coefficient (Wildman–Crippen LogP) is -1.96. The highest BCUT2D eigenvalue weighted by molar-refractivity contribution is 5.85. The standard InChI is InChI=1S/C7H14N4O4/c1-10(2)9-7(15)11(3-5(8)12)4-6(13)14/h3-4H2,1-2H3,(H2,8,12)(H,9,15)(H,13,14). The van der Waals surface area contributed by atoms with E-state index in [0.29, 0.717) is 0 Å². The van der Waals surface area contributed by atoms with Gasteiger partial charge >= 0.3 is 12.0 Å². The number of primary amides is 1. The van der Waals surface area contributed by atoms with Crippen LogP contribution in [0.25, 0.3) is 0 Å². The maximum Gasteiger partial charge on any atom is 0.332 e. The van der Waals surface area contributed by atoms with Gasteiger partial charge in [0.05, 0.1) is 0 Å². The minimum Gasteiger partial charge on any atom is -0.480 e. The van der Waals surface area contributed by atoms with Gasteiger partial charge in [-0.2, -0.15) is 0 Å². The fourth-order valence-corrected chi connectivity index (χ4v) is 0.813. The molecule has 0 aliphatic rings. The van der Waals surface area contributed by atoms with Gasteiger partial charge in [0.15, 0.2) is 0 Å². The Morgan fingerprint density at radius 1 is 1.27 bits per heavy atom. The van der Waals surface area contributed by atoms with Gasteiger partial charge < -0.3 is 15.7 Å². The van der Waals surface area contributed by atoms with Crippen LogP contribution in [0.2, 0.25) is 0 Å². The molecule has 0 saturated carbocycles. The fourth-order valence-electron chi connectivity index (χ4n) is 0.813. The Hall–Kier alpha value is -1.83. The molecule has 0 saturated heterocycles. The summed E-state index contributed by atoms with van der Waals surface area (Å²) in [4.78, 5) is 33.1. The molecule has 0 unspecified atom stereocenters. The molecular formula is C7H14N4O4. The summed E-state index contributed by atoms with van der Waals surface area (Å²) in [6.45, 7) is -1.02. The minimum absolute atomic E-state index is 0.439. The number of carboxylic acids is 1. The van der Waals surface area contributed by atoms with Crippen molar-refractivity contribution < 1.29 is 19.5 Å². The van der Waals surface area contributed by atoms with Crippen molar-refractivity contribution in [3.8, 4) is 0 Å². The maximum absolute atomic E-state index is 11.3. The highest BCUT2D eigenvalue weighted by Crippen LogP contribution is 1.89. The maximum atomic E-state index is 11.3. The summed E-state index contributed by atoms with van der Waals surface area (Å²) in [5, 5.41) is 9.82. The first kappa shape index (κ1) is 13.2. The molecule has 0 atom stereocenters. The Morgan fingerprint density at radius 2 is 1.80 bits per heavy atom. The van der Waals surface area contributed by atoms with Gasteiger partial charge in [0.2, 0.25) is 5.91 Å². The molecule has 8 nitrogen and oxygen atoms in total. The number of carbonyl (C=O) groups is 3. The number of amides is 3. The quantitative estimate of drug-likeness (QED) is 0.463. The number of nitrogens with zero attached hydrogens (tertiary/aromatic N) is 2. The summed E-state index contributed by atoms with van der Waals surface area (Å²) in [7, 11) is 3.11. The molecule has 86 valence electrons. The number of nitrogens with one attached hydrogen (secondary N) is 1. The Labute approximate surface area is 86.6 Å². The predicted molar refractivity (Wildman–Crippen MR) is 50.6 cm³/mol. The van der Waals surface area contributed by atoms with Crippen molar-refractivity contribution in [2.75, 3.05) is 27.2 Å². The summed E-state index contributed by atoms with van der Waals surface area (Å²) in [6.07, 6.45) is 0. The van der Waals surface area contributed by atoms with E-state index in [0.717, 1.165) is 4.90 Å². The third kappa shape index (κ3) is 6.27. The molecule has 0 radical (unpaired) electrons. The normalized spacial score (nSPS) is 9.80. The first-order valence-electron chi connectivity index (χ1n) is 4.06. The lowest BCUT2D eigenvalue weighted by molar-refractivity contribution is -0.137. The van der Waals surface area contributed by atoms with Crippen molar-refractivity contribution in [2.45, 2.75) is 0 Å². The molecule has 0 bridgehead atoms. The summed E-state index contributed by atoms with van der Waals surface area (Å²) < 4.78 is 0. The van der Waals surface area contributed by atoms with E-state index in [1.54, 1.807) is 14.1 Å². The molecule has 0 aliphatic heterocycles. The summed E-state index contributed by atoms with van der Waals surface area (Å²) >= 11 is 0. The Balaban J connectivity index is 4.40. The second kappa shape index (κ2) is 5.81. The average molecular weight is 218 g/mol. The Kier molecular flexibility index (Phi) is 5.10. The van der Waals surface area contributed by atoms with Gasteiger partial charge in [0.1, 0.15) is 13.1 Å². The minimum atomic E-state index is -1.22. The van der Waals surface area contributed by atoms with Crippen molar-refractivity contribution in [1.82, 2.24) is 15.3 Å². The molecule has 0 aromatic rings. The zero-order chi connectivity index (χ0) is 12.0. The van der Waals surface area contributed by atoms with E-state index in [4.69, 9.17) is 10.8 Å². The monoisotopic (exact) mass is 218 g/mol. The zero-order valence-corrected chi connectivity index (χ0v) is 8.56. The lowest BCUT2D eigenvalue weighted by atomic mass is 10.5. The van der Waals surface area contributed by atoms with E-state index in [1.165, 1.54) is 5.01 Å². The van der Waals surface area contributed by atoms with Crippen molar-refractivity contribution in [1.29, 1.82) is 0 Å². The molecule has 8 heteroatoms. The zero-order valence-electron chi connectivity index (χ0n) is 8.56. The molecule has 0 aromatic heterocycles. The number of urea groups is 1. The van der Waals surface area contributed by atoms with E-state index in [1.807, 2.05) is 0 Å². The molecular weight excluding hydrogens is 204 g/mol. The molecule has 0 aliphatic carbocycles. The van der Waals surface area contributed by atoms with Crippen LogP contribution in [0.5, 0.6) is 0 Å². The molecule has 0 spiro atoms. The SMILES string of the molecule is CN(C)NC(=O)N(CC(N)=O)CC(=O)O. The van der Waals surface area contributed by atoms with E-state index in [2.05, 4.69) is 5.43 Å². The van der Waals surface area contributed by atoms with Crippen LogP contribution in [0, 0.1) is 0 Å². The van der Waals surface area contributed by atoms with Gasteiger partial charge in [-0.05, 0) is 0 Å². The number of hydrogen-bond donors (Lipinski definition) is 3. The third-order valence-electron chi connectivity index (χ3n) is 1.28. The lowest BCUT2D eigenvalue weighted by Gasteiger charge is -2.21. The largest absolute Gasteiger partial charge is 0.480 e. The average Bonchev–Trinajstić information content (AvgIpc) is 1.99. The third-order valence-corrected chi connectivity index (χ3v) is 1.28. The lowest BCUT2D eigenvalue weighted by Crippen LogP contribution is -2.50. The van der Waals surface area contributed by atoms with Crippen LogP contribution in [0.1, 0.15) is 0 Å². The van der Waals surface area contributed by atoms with Crippen LogP contribution in [0.15, 0.2) is 0 Å². The van der Waals surface area contributed by atoms with Gasteiger partial charge in [0.25, 0.3) is 0 Å². The molecule has 0 fully saturated rings. The molecule has 0 aromatic carbocycles. The van der Waals surface area contributed by atoms with E-state index >= 15 is 0 Å². The summed E-state index contributed by atoms with van der Waals surface area (Å²) in [5.74, 6) is -1.99. The van der Waals surface area contributed by atoms with Gasteiger partial charge in [-0.3, -0.25) is 15.0 Å². The van der Waals surface area contributed by atoms with Gasteiger partial charge in [-0.15, -0.1) is 0 Å². The van der Waals surface area contributed by atoms with Crippen LogP contribution in [-0.2, 0) is 9.59 Å². The number of nitrogens with two attached hydrogens (primary N) is 1. The molecule has 0 heterocycles. The van der Waals surface area contributed by atoms with Crippen LogP contribution in [0.4, 0.5) is 4.79 Å². The van der Waals surface area contributed by atoms with E-state index < -0.39 is 31.0 Å². The van der Waals surface area contributed by atoms with Crippen LogP contribution < -0.4 is 11.2 Å². The molecule has 3 amide bonds. The van der Waals surface area contributed by atoms with Gasteiger partial charge in [-0.1, -0.05) is 0 Å². The van der Waals surface area contributed by atoms with E-state index in [9.17, 15) is 14.4 Å². The van der Waals surface area contributed by atoms with Crippen LogP contribution >= 0.6 is 0 Å². The first-order valence-corrected chi connectivity index (χ1v) is 4.06. The number of aliphatic carboxylic acids is 1. The first-order chi connectivity index (χ1) is 6.82. The number of hydrazine groups is 1. The topological polar surface area (TPSA) is 116 Å². The number of carboxylic acid groups (broad SMARTS) is 1. The molecule has 0 rings (SSSR count). The van der Waals surface area contributed by atoms with Gasteiger partial charge in [-0.25, -0.2) is 9.80 Å². The molecule has 15 heavy (non-hydrogen) atoms. The van der Waals surface area contributed by atoms with Crippen molar-refractivity contribution in [2.24, 2.45) is 5.73 Å². The number of hydrogen-bond acceptors (Lipinski definition) is 4. The van der Waals surface area contributed by atoms with Crippen molar-refractivity contribution in [3.05, 3.63) is 0 Å². The Bertz CT molecular complexity index is 250. The summed E-state index contributed by atoms with van der Waals surface area (Å²) in [6, 6.07) is -0.693. The molecule has 4 N–H and O–H groups in total.